The van der Waals surface area contributed by atoms with Gasteiger partial charge >= 0.3 is 0 Å². The highest BCUT2D eigenvalue weighted by Gasteiger charge is 2.07. The molecule has 15 heavy (non-hydrogen) atoms. The van der Waals surface area contributed by atoms with Gasteiger partial charge in [-0.1, -0.05) is 6.07 Å². The second-order valence-electron chi connectivity index (χ2n) is 2.75. The van der Waals surface area contributed by atoms with Crippen LogP contribution in [0.25, 0.3) is 0 Å². The van der Waals surface area contributed by atoms with Gasteiger partial charge in [-0.3, -0.25) is 0 Å². The summed E-state index contributed by atoms with van der Waals surface area (Å²) in [6.07, 6.45) is 0.567. The maximum absolute atomic E-state index is 13.1. The monoisotopic (exact) mass is 203 g/mol. The summed E-state index contributed by atoms with van der Waals surface area (Å²) in [5.74, 6) is 5.26. The first kappa shape index (κ1) is 11.1. The zero-order valence-corrected chi connectivity index (χ0v) is 8.38. The van der Waals surface area contributed by atoms with Gasteiger partial charge in [0.1, 0.15) is 23.2 Å². The first-order valence-corrected chi connectivity index (χ1v) is 4.50. The predicted octanol–water partition coefficient (Wildman–Crippen LogP) is 2.49. The minimum atomic E-state index is -0.559. The lowest BCUT2D eigenvalue weighted by atomic mass is 10.2. The number of ether oxygens (including phenoxy) is 1. The second-order valence-corrected chi connectivity index (χ2v) is 2.75. The molecule has 3 heteroatoms. The molecule has 2 nitrogen and oxygen atoms in total. The quantitative estimate of drug-likeness (QED) is 0.558. The van der Waals surface area contributed by atoms with E-state index in [0.29, 0.717) is 13.0 Å². The van der Waals surface area contributed by atoms with Crippen molar-refractivity contribution in [3.05, 3.63) is 29.6 Å². The number of nitriles is 1. The summed E-state index contributed by atoms with van der Waals surface area (Å²) in [5.41, 5.74) is -0.0537. The van der Waals surface area contributed by atoms with E-state index in [1.165, 1.54) is 12.1 Å². The third kappa shape index (κ3) is 3.00. The normalized spacial score (nSPS) is 8.60. The first-order valence-electron chi connectivity index (χ1n) is 4.50. The van der Waals surface area contributed by atoms with Crippen LogP contribution in [0.3, 0.4) is 0 Å². The molecule has 0 radical (unpaired) electrons. The van der Waals surface area contributed by atoms with Gasteiger partial charge in [0.15, 0.2) is 0 Å². The van der Waals surface area contributed by atoms with Gasteiger partial charge in [0, 0.05) is 6.42 Å². The fourth-order valence-electron chi connectivity index (χ4n) is 1.07. The van der Waals surface area contributed by atoms with E-state index in [9.17, 15) is 4.39 Å². The van der Waals surface area contributed by atoms with Crippen molar-refractivity contribution in [3.8, 4) is 23.7 Å². The number of nitrogens with zero attached hydrogens (tertiary/aromatic N) is 1. The van der Waals surface area contributed by atoms with Crippen LogP contribution in [0.1, 0.15) is 18.9 Å². The molecule has 0 bridgehead atoms. The molecular formula is C12H10FNO. The van der Waals surface area contributed by atoms with Crippen LogP contribution in [0.2, 0.25) is 0 Å². The summed E-state index contributed by atoms with van der Waals surface area (Å²) in [5, 5.41) is 8.70. The van der Waals surface area contributed by atoms with Crippen LogP contribution in [0.4, 0.5) is 4.39 Å². The van der Waals surface area contributed by atoms with Gasteiger partial charge in [0.05, 0.1) is 6.61 Å². The molecule has 0 atom stereocenters. The molecule has 0 aromatic heterocycles. The number of rotatable bonds is 3. The Labute approximate surface area is 88.3 Å². The third-order valence-corrected chi connectivity index (χ3v) is 1.75. The standard InChI is InChI=1S/C12H10FNO/c1-2-3-4-8-15-12-7-5-6-11(13)10(12)9-14/h5-7H,4,8H2,1H3. The van der Waals surface area contributed by atoms with E-state index in [-0.39, 0.29) is 11.3 Å². The second kappa shape index (κ2) is 5.67. The van der Waals surface area contributed by atoms with Crippen molar-refractivity contribution >= 4 is 0 Å². The topological polar surface area (TPSA) is 33.0 Å². The third-order valence-electron chi connectivity index (χ3n) is 1.75. The average Bonchev–Trinajstić information content (AvgIpc) is 2.24. The van der Waals surface area contributed by atoms with Crippen LogP contribution in [0, 0.1) is 29.0 Å². The molecular weight excluding hydrogens is 193 g/mol. The zero-order chi connectivity index (χ0) is 11.1. The van der Waals surface area contributed by atoms with Crippen LogP contribution >= 0.6 is 0 Å². The summed E-state index contributed by atoms with van der Waals surface area (Å²) in [7, 11) is 0. The molecule has 0 amide bonds. The van der Waals surface area contributed by atoms with Crippen molar-refractivity contribution in [1.29, 1.82) is 5.26 Å². The Morgan fingerprint density at radius 2 is 2.27 bits per heavy atom. The van der Waals surface area contributed by atoms with Crippen LogP contribution in [0.15, 0.2) is 18.2 Å². The molecule has 76 valence electrons. The molecule has 0 saturated carbocycles. The van der Waals surface area contributed by atoms with Crippen molar-refractivity contribution in [2.45, 2.75) is 13.3 Å². The smallest absolute Gasteiger partial charge is 0.144 e. The van der Waals surface area contributed by atoms with E-state index in [0.717, 1.165) is 0 Å². The molecule has 1 aromatic carbocycles. The first-order chi connectivity index (χ1) is 7.29. The number of halogens is 1. The molecule has 1 aromatic rings. The van der Waals surface area contributed by atoms with E-state index in [1.807, 2.05) is 0 Å². The van der Waals surface area contributed by atoms with Gasteiger partial charge in [0.25, 0.3) is 0 Å². The summed E-state index contributed by atoms with van der Waals surface area (Å²) >= 11 is 0. The van der Waals surface area contributed by atoms with Crippen molar-refractivity contribution in [2.75, 3.05) is 6.61 Å². The van der Waals surface area contributed by atoms with E-state index >= 15 is 0 Å². The Morgan fingerprint density at radius 1 is 1.47 bits per heavy atom. The Balaban J connectivity index is 2.72. The van der Waals surface area contributed by atoms with E-state index < -0.39 is 5.82 Å². The van der Waals surface area contributed by atoms with Gasteiger partial charge in [-0.2, -0.15) is 5.26 Å². The Bertz CT molecular complexity index is 437. The SMILES string of the molecule is CC#CCCOc1cccc(F)c1C#N. The van der Waals surface area contributed by atoms with Crippen molar-refractivity contribution in [3.63, 3.8) is 0 Å². The number of hydrogen-bond acceptors (Lipinski definition) is 2. The molecule has 0 heterocycles. The van der Waals surface area contributed by atoms with Crippen LogP contribution in [-0.4, -0.2) is 6.61 Å². The highest BCUT2D eigenvalue weighted by Crippen LogP contribution is 2.20. The summed E-state index contributed by atoms with van der Waals surface area (Å²) in [6.45, 7) is 2.10. The molecule has 0 spiro atoms. The van der Waals surface area contributed by atoms with Crippen LogP contribution < -0.4 is 4.74 Å². The molecule has 0 N–H and O–H groups in total. The molecule has 0 fully saturated rings. The van der Waals surface area contributed by atoms with E-state index in [2.05, 4.69) is 11.8 Å². The van der Waals surface area contributed by atoms with Gasteiger partial charge < -0.3 is 4.74 Å². The van der Waals surface area contributed by atoms with Crippen molar-refractivity contribution < 1.29 is 9.13 Å². The predicted molar refractivity (Wildman–Crippen MR) is 54.7 cm³/mol. The van der Waals surface area contributed by atoms with Gasteiger partial charge in [0.2, 0.25) is 0 Å². The maximum atomic E-state index is 13.1. The zero-order valence-electron chi connectivity index (χ0n) is 8.38. The Hall–Kier alpha value is -2.00. The van der Waals surface area contributed by atoms with E-state index in [1.54, 1.807) is 19.1 Å². The minimum absolute atomic E-state index is 0.0537. The van der Waals surface area contributed by atoms with Crippen molar-refractivity contribution in [1.82, 2.24) is 0 Å². The molecule has 0 aliphatic heterocycles. The van der Waals surface area contributed by atoms with E-state index in [4.69, 9.17) is 10.00 Å². The fourth-order valence-corrected chi connectivity index (χ4v) is 1.07. The lowest BCUT2D eigenvalue weighted by molar-refractivity contribution is 0.324. The summed E-state index contributed by atoms with van der Waals surface area (Å²) in [6, 6.07) is 6.08. The lowest BCUT2D eigenvalue weighted by Gasteiger charge is -2.05. The molecule has 0 aliphatic rings. The highest BCUT2D eigenvalue weighted by molar-refractivity contribution is 5.43. The molecule has 0 aliphatic carbocycles. The van der Waals surface area contributed by atoms with Gasteiger partial charge in [-0.25, -0.2) is 4.39 Å². The van der Waals surface area contributed by atoms with Crippen molar-refractivity contribution in [2.24, 2.45) is 0 Å². The largest absolute Gasteiger partial charge is 0.491 e. The molecule has 0 saturated heterocycles. The number of hydrogen-bond donors (Lipinski definition) is 0. The summed E-state index contributed by atoms with van der Waals surface area (Å²) in [4.78, 5) is 0. The minimum Gasteiger partial charge on any atom is -0.491 e. The maximum Gasteiger partial charge on any atom is 0.144 e. The summed E-state index contributed by atoms with van der Waals surface area (Å²) < 4.78 is 18.3. The highest BCUT2D eigenvalue weighted by atomic mass is 19.1. The molecule has 0 unspecified atom stereocenters. The molecule has 1 rings (SSSR count). The van der Waals surface area contributed by atoms with Crippen LogP contribution in [0.5, 0.6) is 5.75 Å². The van der Waals surface area contributed by atoms with Gasteiger partial charge in [-0.05, 0) is 19.1 Å². The number of benzene rings is 1. The fraction of sp³-hybridized carbons (Fsp3) is 0.250. The van der Waals surface area contributed by atoms with Gasteiger partial charge in [-0.15, -0.1) is 11.8 Å². The van der Waals surface area contributed by atoms with Crippen LogP contribution in [-0.2, 0) is 0 Å². The Morgan fingerprint density at radius 3 is 2.93 bits per heavy atom. The lowest BCUT2D eigenvalue weighted by Crippen LogP contribution is -1.99. The average molecular weight is 203 g/mol. The Kier molecular flexibility index (Phi) is 4.19.